The predicted molar refractivity (Wildman–Crippen MR) is 154 cm³/mol. The highest BCUT2D eigenvalue weighted by Gasteiger charge is 2.47. The maximum atomic E-state index is 13.6. The second-order valence-electron chi connectivity index (χ2n) is 9.03. The van der Waals surface area contributed by atoms with E-state index in [1.165, 1.54) is 37.3 Å². The van der Waals surface area contributed by atoms with Crippen LogP contribution in [-0.4, -0.2) is 56.8 Å². The number of hydrogen-bond acceptors (Lipinski definition) is 8. The Hall–Kier alpha value is -4.08. The number of aromatic hydroxyl groups is 1. The molecule has 210 valence electrons. The summed E-state index contributed by atoms with van der Waals surface area (Å²) in [5.74, 6) is -2.19. The number of hydrogen-bond donors (Lipinski definition) is 2. The third kappa shape index (κ3) is 4.98. The molecule has 1 unspecified atom stereocenters. The molecule has 1 fully saturated rings. The van der Waals surface area contributed by atoms with E-state index in [1.54, 1.807) is 37.3 Å². The van der Waals surface area contributed by atoms with Gasteiger partial charge in [0.25, 0.3) is 11.7 Å². The van der Waals surface area contributed by atoms with Crippen molar-refractivity contribution in [2.45, 2.75) is 13.0 Å². The molecular formula is C29H28Cl2N2O7. The number of benzene rings is 3. The highest BCUT2D eigenvalue weighted by molar-refractivity contribution is 6.52. The van der Waals surface area contributed by atoms with Crippen molar-refractivity contribution < 1.29 is 34.0 Å². The number of carbonyl (C=O) groups excluding carboxylic acids is 2. The lowest BCUT2D eigenvalue weighted by molar-refractivity contribution is -0.132. The number of halogens is 2. The Morgan fingerprint density at radius 1 is 1.00 bits per heavy atom. The first kappa shape index (κ1) is 28.9. The summed E-state index contributed by atoms with van der Waals surface area (Å²) in [4.78, 5) is 30.3. The van der Waals surface area contributed by atoms with Crippen LogP contribution in [-0.2, 0) is 9.59 Å². The van der Waals surface area contributed by atoms with Crippen LogP contribution in [0.4, 0.5) is 11.4 Å². The molecule has 1 aliphatic rings. The lowest BCUT2D eigenvalue weighted by Crippen LogP contribution is -2.29. The number of aliphatic hydroxyl groups excluding tert-OH is 1. The van der Waals surface area contributed by atoms with E-state index < -0.39 is 23.5 Å². The molecule has 1 aliphatic heterocycles. The Kier molecular flexibility index (Phi) is 8.37. The third-order valence-corrected chi connectivity index (χ3v) is 7.11. The van der Waals surface area contributed by atoms with Gasteiger partial charge in [-0.15, -0.1) is 0 Å². The zero-order valence-corrected chi connectivity index (χ0v) is 24.0. The number of phenols is 1. The van der Waals surface area contributed by atoms with E-state index in [-0.39, 0.29) is 50.8 Å². The molecule has 0 radical (unpaired) electrons. The van der Waals surface area contributed by atoms with Crippen LogP contribution in [0.2, 0.25) is 10.0 Å². The van der Waals surface area contributed by atoms with Crippen LogP contribution in [0.3, 0.4) is 0 Å². The average Bonchev–Trinajstić information content (AvgIpc) is 3.19. The Balaban J connectivity index is 2.01. The molecule has 3 aromatic rings. The molecule has 4 rings (SSSR count). The van der Waals surface area contributed by atoms with Crippen molar-refractivity contribution in [1.82, 2.24) is 0 Å². The van der Waals surface area contributed by atoms with Crippen LogP contribution >= 0.6 is 23.2 Å². The molecule has 0 aromatic heterocycles. The molecule has 40 heavy (non-hydrogen) atoms. The number of aliphatic hydroxyl groups is 1. The van der Waals surface area contributed by atoms with E-state index in [1.807, 2.05) is 19.0 Å². The van der Waals surface area contributed by atoms with Gasteiger partial charge >= 0.3 is 0 Å². The fourth-order valence-electron chi connectivity index (χ4n) is 4.59. The summed E-state index contributed by atoms with van der Waals surface area (Å²) >= 11 is 12.8. The number of anilines is 2. The fourth-order valence-corrected chi connectivity index (χ4v) is 5.28. The van der Waals surface area contributed by atoms with Gasteiger partial charge in [-0.1, -0.05) is 29.3 Å². The Morgan fingerprint density at radius 2 is 1.65 bits per heavy atom. The van der Waals surface area contributed by atoms with Gasteiger partial charge in [0, 0.05) is 25.5 Å². The van der Waals surface area contributed by atoms with E-state index in [0.717, 1.165) is 5.69 Å². The van der Waals surface area contributed by atoms with Gasteiger partial charge in [-0.25, -0.2) is 0 Å². The maximum Gasteiger partial charge on any atom is 0.300 e. The summed E-state index contributed by atoms with van der Waals surface area (Å²) in [5.41, 5.74) is 1.47. The number of nitrogens with zero attached hydrogens (tertiary/aromatic N) is 2. The van der Waals surface area contributed by atoms with Crippen LogP contribution in [0.15, 0.2) is 54.1 Å². The van der Waals surface area contributed by atoms with E-state index in [9.17, 15) is 19.8 Å². The van der Waals surface area contributed by atoms with Crippen molar-refractivity contribution in [3.63, 3.8) is 0 Å². The summed E-state index contributed by atoms with van der Waals surface area (Å²) in [6, 6.07) is 11.7. The number of methoxy groups -OCH3 is 2. The Bertz CT molecular complexity index is 1500. The van der Waals surface area contributed by atoms with Crippen molar-refractivity contribution in [2.75, 3.05) is 44.7 Å². The van der Waals surface area contributed by atoms with Gasteiger partial charge in [-0.05, 0) is 55.0 Å². The van der Waals surface area contributed by atoms with Crippen LogP contribution in [0.25, 0.3) is 5.76 Å². The van der Waals surface area contributed by atoms with Crippen molar-refractivity contribution in [1.29, 1.82) is 0 Å². The van der Waals surface area contributed by atoms with Crippen molar-refractivity contribution in [3.05, 3.63) is 75.3 Å². The standard InChI is InChI=1S/C29H28Cl2N2O7/c1-6-40-21-13-15(7-12-20(21)34)24-22(25(35)18-14-19(30)28(39-5)23(31)27(18)38-4)26(36)29(37)33(24)17-10-8-16(9-11-17)32(2)3/h7-14,24,34-35H,6H2,1-5H3/b25-22+. The van der Waals surface area contributed by atoms with Gasteiger partial charge in [-0.2, -0.15) is 0 Å². The smallest absolute Gasteiger partial charge is 0.300 e. The largest absolute Gasteiger partial charge is 0.507 e. The van der Waals surface area contributed by atoms with E-state index in [2.05, 4.69) is 0 Å². The molecule has 0 saturated carbocycles. The first-order valence-corrected chi connectivity index (χ1v) is 13.0. The van der Waals surface area contributed by atoms with E-state index >= 15 is 0 Å². The van der Waals surface area contributed by atoms with Gasteiger partial charge in [0.2, 0.25) is 0 Å². The number of carbonyl (C=O) groups is 2. The lowest BCUT2D eigenvalue weighted by Gasteiger charge is -2.26. The quantitative estimate of drug-likeness (QED) is 0.193. The molecule has 9 nitrogen and oxygen atoms in total. The number of ketones is 1. The first-order valence-electron chi connectivity index (χ1n) is 12.2. The second-order valence-corrected chi connectivity index (χ2v) is 9.81. The average molecular weight is 587 g/mol. The number of ether oxygens (including phenoxy) is 3. The molecule has 2 N–H and O–H groups in total. The van der Waals surface area contributed by atoms with Gasteiger partial charge in [0.05, 0.1) is 43.0 Å². The Labute approximate surface area is 241 Å². The predicted octanol–water partition coefficient (Wildman–Crippen LogP) is 5.81. The highest BCUT2D eigenvalue weighted by atomic mass is 35.5. The van der Waals surface area contributed by atoms with Crippen molar-refractivity contribution in [3.8, 4) is 23.0 Å². The molecule has 1 amide bonds. The van der Waals surface area contributed by atoms with Gasteiger partial charge in [0.15, 0.2) is 23.0 Å². The summed E-state index contributed by atoms with van der Waals surface area (Å²) in [6.45, 7) is 2.02. The molecule has 0 aliphatic carbocycles. The van der Waals surface area contributed by atoms with Gasteiger partial charge in [0.1, 0.15) is 10.8 Å². The summed E-state index contributed by atoms with van der Waals surface area (Å²) in [7, 11) is 6.47. The number of phenolic OH excluding ortho intramolecular Hbond substituents is 1. The summed E-state index contributed by atoms with van der Waals surface area (Å²) in [6.07, 6.45) is 0. The maximum absolute atomic E-state index is 13.6. The monoisotopic (exact) mass is 586 g/mol. The summed E-state index contributed by atoms with van der Waals surface area (Å²) < 4.78 is 16.2. The molecule has 1 atom stereocenters. The van der Waals surface area contributed by atoms with Gasteiger partial charge in [-0.3, -0.25) is 14.5 Å². The minimum Gasteiger partial charge on any atom is -0.507 e. The molecule has 0 spiro atoms. The summed E-state index contributed by atoms with van der Waals surface area (Å²) in [5, 5.41) is 22.0. The van der Waals surface area contributed by atoms with E-state index in [4.69, 9.17) is 37.4 Å². The first-order chi connectivity index (χ1) is 19.0. The zero-order valence-electron chi connectivity index (χ0n) is 22.5. The van der Waals surface area contributed by atoms with Crippen LogP contribution in [0, 0.1) is 0 Å². The third-order valence-electron chi connectivity index (χ3n) is 6.48. The van der Waals surface area contributed by atoms with Crippen LogP contribution < -0.4 is 24.0 Å². The topological polar surface area (TPSA) is 109 Å². The molecule has 1 saturated heterocycles. The number of amides is 1. The SMILES string of the molecule is CCOc1cc(C2/C(=C(\O)c3cc(Cl)c(OC)c(Cl)c3OC)C(=O)C(=O)N2c2ccc(N(C)C)cc2)ccc1O. The normalized spacial score (nSPS) is 16.3. The molecule has 1 heterocycles. The van der Waals surface area contributed by atoms with Crippen molar-refractivity contribution in [2.24, 2.45) is 0 Å². The van der Waals surface area contributed by atoms with Crippen molar-refractivity contribution >= 4 is 52.0 Å². The minimum absolute atomic E-state index is 0.00131. The molecule has 0 bridgehead atoms. The van der Waals surface area contributed by atoms with Crippen LogP contribution in [0.5, 0.6) is 23.0 Å². The Morgan fingerprint density at radius 3 is 2.23 bits per heavy atom. The minimum atomic E-state index is -1.10. The van der Waals surface area contributed by atoms with Crippen LogP contribution in [0.1, 0.15) is 24.1 Å². The van der Waals surface area contributed by atoms with E-state index in [0.29, 0.717) is 11.3 Å². The number of Topliss-reactive ketones (excluding diaryl/α,β-unsaturated/α-hetero) is 1. The lowest BCUT2D eigenvalue weighted by atomic mass is 9.94. The fraction of sp³-hybridized carbons (Fsp3) is 0.241. The zero-order chi connectivity index (χ0) is 29.3. The van der Waals surface area contributed by atoms with Gasteiger partial charge < -0.3 is 29.3 Å². The highest BCUT2D eigenvalue weighted by Crippen LogP contribution is 2.48. The molecule has 3 aromatic carbocycles. The second kappa shape index (κ2) is 11.6. The molecular weight excluding hydrogens is 559 g/mol. The number of rotatable bonds is 8. The molecule has 11 heteroatoms.